The lowest BCUT2D eigenvalue weighted by atomic mass is 10.1. The van der Waals surface area contributed by atoms with E-state index in [0.29, 0.717) is 29.2 Å². The van der Waals surface area contributed by atoms with Crippen LogP contribution < -0.4 is 0 Å². The van der Waals surface area contributed by atoms with Crippen LogP contribution in [-0.2, 0) is 0 Å². The Hall–Kier alpha value is -2.15. The number of nitrogens with zero attached hydrogens (tertiary/aromatic N) is 2. The molecule has 120 valence electrons. The maximum atomic E-state index is 13.2. The first kappa shape index (κ1) is 17.2. The molecule has 0 atom stereocenters. The minimum atomic E-state index is -4.66. The van der Waals surface area contributed by atoms with Crippen molar-refractivity contribution in [1.82, 2.24) is 9.97 Å². The second-order valence-corrected chi connectivity index (χ2v) is 5.78. The number of rotatable bonds is 4. The number of aryl methyl sites for hydroxylation is 2. The van der Waals surface area contributed by atoms with E-state index in [1.54, 1.807) is 38.1 Å². The van der Waals surface area contributed by atoms with Crippen molar-refractivity contribution in [2.24, 2.45) is 0 Å². The SMILES string of the molecule is Cc1cc(C)nc(S/C(=C\C(=O)c2ccccc2)C(F)(F)F)n1. The van der Waals surface area contributed by atoms with Crippen molar-refractivity contribution in [1.29, 1.82) is 0 Å². The highest BCUT2D eigenvalue weighted by molar-refractivity contribution is 8.03. The van der Waals surface area contributed by atoms with Crippen LogP contribution >= 0.6 is 11.8 Å². The zero-order valence-electron chi connectivity index (χ0n) is 12.4. The molecule has 2 rings (SSSR count). The Morgan fingerprint density at radius 1 is 1.09 bits per heavy atom. The topological polar surface area (TPSA) is 42.9 Å². The van der Waals surface area contributed by atoms with Crippen molar-refractivity contribution < 1.29 is 18.0 Å². The number of thioether (sulfide) groups is 1. The first-order valence-electron chi connectivity index (χ1n) is 6.64. The van der Waals surface area contributed by atoms with Crippen LogP contribution in [0.1, 0.15) is 21.7 Å². The highest BCUT2D eigenvalue weighted by atomic mass is 32.2. The summed E-state index contributed by atoms with van der Waals surface area (Å²) in [5.74, 6) is -0.713. The van der Waals surface area contributed by atoms with Crippen molar-refractivity contribution in [2.75, 3.05) is 0 Å². The molecule has 0 unspecified atom stereocenters. The van der Waals surface area contributed by atoms with Gasteiger partial charge in [0.2, 0.25) is 0 Å². The lowest BCUT2D eigenvalue weighted by Gasteiger charge is -2.11. The molecule has 0 aliphatic heterocycles. The molecule has 7 heteroatoms. The minimum absolute atomic E-state index is 0.0352. The van der Waals surface area contributed by atoms with Gasteiger partial charge >= 0.3 is 6.18 Å². The van der Waals surface area contributed by atoms with E-state index < -0.39 is 16.9 Å². The van der Waals surface area contributed by atoms with Gasteiger partial charge in [-0.2, -0.15) is 13.2 Å². The number of halogens is 3. The van der Waals surface area contributed by atoms with E-state index in [-0.39, 0.29) is 10.7 Å². The summed E-state index contributed by atoms with van der Waals surface area (Å²) >= 11 is 0.340. The number of allylic oxidation sites excluding steroid dienone is 2. The summed E-state index contributed by atoms with van der Waals surface area (Å²) in [7, 11) is 0. The molecule has 0 aliphatic carbocycles. The summed E-state index contributed by atoms with van der Waals surface area (Å²) in [5, 5.41) is -0.0352. The Balaban J connectivity index is 2.34. The molecule has 0 amide bonds. The molecule has 0 N–H and O–H groups in total. The summed E-state index contributed by atoms with van der Waals surface area (Å²) < 4.78 is 39.6. The van der Waals surface area contributed by atoms with E-state index in [1.807, 2.05) is 0 Å². The first-order chi connectivity index (χ1) is 10.8. The summed E-state index contributed by atoms with van der Waals surface area (Å²) in [5.41, 5.74) is 1.32. The minimum Gasteiger partial charge on any atom is -0.289 e. The molecule has 3 nitrogen and oxygen atoms in total. The zero-order valence-corrected chi connectivity index (χ0v) is 13.2. The molecule has 1 aromatic carbocycles. The van der Waals surface area contributed by atoms with Crippen molar-refractivity contribution in [3.63, 3.8) is 0 Å². The van der Waals surface area contributed by atoms with Gasteiger partial charge in [-0.3, -0.25) is 4.79 Å². The molecule has 0 fully saturated rings. The van der Waals surface area contributed by atoms with Gasteiger partial charge in [0.25, 0.3) is 0 Å². The predicted octanol–water partition coefficient (Wildman–Crippen LogP) is 4.51. The van der Waals surface area contributed by atoms with Gasteiger partial charge in [-0.05, 0) is 31.7 Å². The molecule has 2 aromatic rings. The third-order valence-electron chi connectivity index (χ3n) is 2.76. The Kier molecular flexibility index (Phi) is 5.20. The maximum absolute atomic E-state index is 13.2. The molecule has 23 heavy (non-hydrogen) atoms. The third-order valence-corrected chi connectivity index (χ3v) is 3.70. The highest BCUT2D eigenvalue weighted by Gasteiger charge is 2.36. The second-order valence-electron chi connectivity index (χ2n) is 4.77. The molecule has 0 spiro atoms. The van der Waals surface area contributed by atoms with E-state index in [4.69, 9.17) is 0 Å². The Morgan fingerprint density at radius 2 is 1.65 bits per heavy atom. The first-order valence-corrected chi connectivity index (χ1v) is 7.46. The molecule has 0 saturated heterocycles. The molecular weight excluding hydrogens is 325 g/mol. The number of aromatic nitrogens is 2. The fraction of sp³-hybridized carbons (Fsp3) is 0.188. The third kappa shape index (κ3) is 4.92. The van der Waals surface area contributed by atoms with Crippen LogP contribution in [0.5, 0.6) is 0 Å². The molecular formula is C16H13F3N2OS. The van der Waals surface area contributed by atoms with Gasteiger partial charge in [0.15, 0.2) is 10.9 Å². The van der Waals surface area contributed by atoms with Crippen LogP contribution in [0.4, 0.5) is 13.2 Å². The van der Waals surface area contributed by atoms with Gasteiger partial charge in [0, 0.05) is 23.0 Å². The number of carbonyl (C=O) groups is 1. The van der Waals surface area contributed by atoms with Crippen molar-refractivity contribution in [3.05, 3.63) is 64.3 Å². The van der Waals surface area contributed by atoms with E-state index in [2.05, 4.69) is 9.97 Å². The van der Waals surface area contributed by atoms with Gasteiger partial charge in [-0.1, -0.05) is 30.3 Å². The average molecular weight is 338 g/mol. The Bertz CT molecular complexity index is 722. The molecule has 0 radical (unpaired) electrons. The van der Waals surface area contributed by atoms with Crippen LogP contribution in [-0.4, -0.2) is 21.9 Å². The number of hydrogen-bond acceptors (Lipinski definition) is 4. The van der Waals surface area contributed by atoms with Gasteiger partial charge < -0.3 is 0 Å². The number of alkyl halides is 3. The number of carbonyl (C=O) groups excluding carboxylic acids is 1. The van der Waals surface area contributed by atoms with Crippen molar-refractivity contribution in [2.45, 2.75) is 25.2 Å². The Labute approximate surface area is 135 Å². The standard InChI is InChI=1S/C16H13F3N2OS/c1-10-8-11(2)21-15(20-10)23-14(16(17,18)19)9-13(22)12-6-4-3-5-7-12/h3-9H,1-2H3/b14-9-. The quantitative estimate of drug-likeness (QED) is 0.356. The van der Waals surface area contributed by atoms with E-state index in [1.165, 1.54) is 12.1 Å². The molecule has 1 aromatic heterocycles. The number of ketones is 1. The summed E-state index contributed by atoms with van der Waals surface area (Å²) in [4.78, 5) is 18.9. The van der Waals surface area contributed by atoms with Crippen molar-refractivity contribution in [3.8, 4) is 0 Å². The van der Waals surface area contributed by atoms with E-state index in [9.17, 15) is 18.0 Å². The normalized spacial score (nSPS) is 12.3. The lowest BCUT2D eigenvalue weighted by Crippen LogP contribution is -2.12. The molecule has 0 aliphatic rings. The fourth-order valence-electron chi connectivity index (χ4n) is 1.81. The van der Waals surface area contributed by atoms with Gasteiger partial charge in [0.05, 0.1) is 0 Å². The molecule has 1 heterocycles. The summed E-state index contributed by atoms with van der Waals surface area (Å²) in [6.45, 7) is 3.34. The summed E-state index contributed by atoms with van der Waals surface area (Å²) in [6, 6.07) is 9.46. The maximum Gasteiger partial charge on any atom is 0.422 e. The van der Waals surface area contributed by atoms with E-state index in [0.717, 1.165) is 0 Å². The van der Waals surface area contributed by atoms with Crippen LogP contribution in [0.15, 0.2) is 52.5 Å². The second kappa shape index (κ2) is 6.95. The predicted molar refractivity (Wildman–Crippen MR) is 82.3 cm³/mol. The van der Waals surface area contributed by atoms with Crippen LogP contribution in [0.2, 0.25) is 0 Å². The smallest absolute Gasteiger partial charge is 0.289 e. The van der Waals surface area contributed by atoms with Crippen LogP contribution in [0.3, 0.4) is 0 Å². The Morgan fingerprint density at radius 3 is 2.17 bits per heavy atom. The van der Waals surface area contributed by atoms with Gasteiger partial charge in [0.1, 0.15) is 4.91 Å². The lowest BCUT2D eigenvalue weighted by molar-refractivity contribution is -0.0837. The van der Waals surface area contributed by atoms with Gasteiger partial charge in [-0.25, -0.2) is 9.97 Å². The highest BCUT2D eigenvalue weighted by Crippen LogP contribution is 2.37. The van der Waals surface area contributed by atoms with Gasteiger partial charge in [-0.15, -0.1) is 0 Å². The summed E-state index contributed by atoms with van der Waals surface area (Å²) in [6.07, 6.45) is -4.07. The zero-order chi connectivity index (χ0) is 17.0. The van der Waals surface area contributed by atoms with Crippen molar-refractivity contribution >= 4 is 17.5 Å². The molecule has 0 bridgehead atoms. The number of benzene rings is 1. The van der Waals surface area contributed by atoms with E-state index >= 15 is 0 Å². The average Bonchev–Trinajstić information content (AvgIpc) is 2.45. The molecule has 0 saturated carbocycles. The monoisotopic (exact) mass is 338 g/mol. The number of hydrogen-bond donors (Lipinski definition) is 0. The largest absolute Gasteiger partial charge is 0.422 e. The van der Waals surface area contributed by atoms with Crippen LogP contribution in [0, 0.1) is 13.8 Å². The van der Waals surface area contributed by atoms with Crippen LogP contribution in [0.25, 0.3) is 0 Å². The fourth-order valence-corrected chi connectivity index (χ4v) is 2.67.